The van der Waals surface area contributed by atoms with Gasteiger partial charge in [0.05, 0.1) is 5.52 Å². The highest BCUT2D eigenvalue weighted by Gasteiger charge is 2.14. The molecule has 0 amide bonds. The maximum absolute atomic E-state index is 13.3. The van der Waals surface area contributed by atoms with E-state index in [4.69, 9.17) is 0 Å². The molecule has 21 heavy (non-hydrogen) atoms. The van der Waals surface area contributed by atoms with E-state index in [9.17, 15) is 9.18 Å². The predicted octanol–water partition coefficient (Wildman–Crippen LogP) is 3.99. The molecular weight excluding hydrogens is 307 g/mol. The molecule has 108 valence electrons. The summed E-state index contributed by atoms with van der Waals surface area (Å²) in [5.74, 6) is -0.255. The van der Waals surface area contributed by atoms with E-state index in [0.717, 1.165) is 11.1 Å². The lowest BCUT2D eigenvalue weighted by Crippen LogP contribution is -2.19. The van der Waals surface area contributed by atoms with Crippen molar-refractivity contribution in [2.24, 2.45) is 7.05 Å². The first-order valence-electron chi connectivity index (χ1n) is 6.42. The fourth-order valence-corrected chi connectivity index (χ4v) is 3.86. The number of nitrogens with zero attached hydrogens (tertiary/aromatic N) is 2. The Bertz CT molecular complexity index is 856. The highest BCUT2D eigenvalue weighted by molar-refractivity contribution is 7.99. The number of fused-ring (bicyclic) bond motifs is 1. The molecule has 2 aromatic heterocycles. The summed E-state index contributed by atoms with van der Waals surface area (Å²) in [6.07, 6.45) is 0. The minimum atomic E-state index is -0.255. The number of thiophene rings is 1. The van der Waals surface area contributed by atoms with E-state index in [-0.39, 0.29) is 16.6 Å². The molecule has 0 aliphatic heterocycles. The van der Waals surface area contributed by atoms with Gasteiger partial charge in [0.1, 0.15) is 10.5 Å². The van der Waals surface area contributed by atoms with E-state index >= 15 is 0 Å². The Balaban J connectivity index is 1.98. The molecule has 1 aromatic carbocycles. The summed E-state index contributed by atoms with van der Waals surface area (Å²) >= 11 is 2.85. The molecular formula is C15H13FN2OS2. The van der Waals surface area contributed by atoms with E-state index in [2.05, 4.69) is 4.98 Å². The maximum atomic E-state index is 13.3. The highest BCUT2D eigenvalue weighted by Crippen LogP contribution is 2.34. The number of hydrogen-bond donors (Lipinski definition) is 0. The number of halogens is 1. The van der Waals surface area contributed by atoms with Crippen molar-refractivity contribution in [3.8, 4) is 0 Å². The first kappa shape index (κ1) is 14.3. The topological polar surface area (TPSA) is 34.9 Å². The third-order valence-corrected chi connectivity index (χ3v) is 5.34. The van der Waals surface area contributed by atoms with Gasteiger partial charge in [0.2, 0.25) is 0 Å². The SMILES string of the molecule is C[C@@H](Sc1nc2ccsc2c(=O)n1C)c1cccc(F)c1. The average Bonchev–Trinajstić information content (AvgIpc) is 2.93. The molecule has 0 spiro atoms. The molecule has 0 saturated carbocycles. The van der Waals surface area contributed by atoms with Gasteiger partial charge >= 0.3 is 0 Å². The summed E-state index contributed by atoms with van der Waals surface area (Å²) in [4.78, 5) is 16.8. The zero-order chi connectivity index (χ0) is 15.0. The van der Waals surface area contributed by atoms with Gasteiger partial charge in [-0.25, -0.2) is 9.37 Å². The van der Waals surface area contributed by atoms with Gasteiger partial charge in [-0.15, -0.1) is 11.3 Å². The fraction of sp³-hybridized carbons (Fsp3) is 0.200. The van der Waals surface area contributed by atoms with E-state index in [0.29, 0.717) is 9.86 Å². The van der Waals surface area contributed by atoms with Crippen LogP contribution in [0.3, 0.4) is 0 Å². The van der Waals surface area contributed by atoms with Gasteiger partial charge in [-0.2, -0.15) is 0 Å². The Morgan fingerprint density at radius 2 is 2.19 bits per heavy atom. The number of thioether (sulfide) groups is 1. The Morgan fingerprint density at radius 3 is 2.95 bits per heavy atom. The van der Waals surface area contributed by atoms with E-state index in [1.54, 1.807) is 17.7 Å². The van der Waals surface area contributed by atoms with Gasteiger partial charge in [0, 0.05) is 12.3 Å². The standard InChI is InChI=1S/C15H13FN2OS2/c1-9(10-4-3-5-11(16)8-10)21-15-17-12-6-7-20-13(12)14(19)18(15)2/h3-9H,1-2H3/t9-/m1/s1. The minimum Gasteiger partial charge on any atom is -0.289 e. The van der Waals surface area contributed by atoms with Crippen LogP contribution in [0.2, 0.25) is 0 Å². The van der Waals surface area contributed by atoms with Crippen LogP contribution in [0.15, 0.2) is 45.7 Å². The lowest BCUT2D eigenvalue weighted by atomic mass is 10.2. The van der Waals surface area contributed by atoms with Gasteiger partial charge in [0.25, 0.3) is 5.56 Å². The van der Waals surface area contributed by atoms with Gasteiger partial charge in [-0.1, -0.05) is 23.9 Å². The van der Waals surface area contributed by atoms with Crippen LogP contribution in [0, 0.1) is 5.82 Å². The molecule has 3 aromatic rings. The van der Waals surface area contributed by atoms with Gasteiger partial charge in [-0.05, 0) is 36.1 Å². The summed E-state index contributed by atoms with van der Waals surface area (Å²) in [6.45, 7) is 1.98. The zero-order valence-corrected chi connectivity index (χ0v) is 13.2. The molecule has 0 unspecified atom stereocenters. The first-order valence-corrected chi connectivity index (χ1v) is 8.18. The van der Waals surface area contributed by atoms with Crippen molar-refractivity contribution in [3.05, 3.63) is 57.4 Å². The lowest BCUT2D eigenvalue weighted by molar-refractivity contribution is 0.625. The molecule has 6 heteroatoms. The van der Waals surface area contributed by atoms with Crippen molar-refractivity contribution >= 4 is 33.3 Å². The molecule has 2 heterocycles. The van der Waals surface area contributed by atoms with E-state index in [1.165, 1.54) is 35.2 Å². The summed E-state index contributed by atoms with van der Waals surface area (Å²) in [5.41, 5.74) is 1.56. The molecule has 0 radical (unpaired) electrons. The largest absolute Gasteiger partial charge is 0.289 e. The number of aromatic nitrogens is 2. The van der Waals surface area contributed by atoms with Crippen LogP contribution in [-0.4, -0.2) is 9.55 Å². The summed E-state index contributed by atoms with van der Waals surface area (Å²) < 4.78 is 15.5. The van der Waals surface area contributed by atoms with Crippen LogP contribution < -0.4 is 5.56 Å². The van der Waals surface area contributed by atoms with E-state index < -0.39 is 0 Å². The van der Waals surface area contributed by atoms with Crippen molar-refractivity contribution in [2.45, 2.75) is 17.3 Å². The molecule has 1 atom stereocenters. The van der Waals surface area contributed by atoms with Crippen LogP contribution in [0.4, 0.5) is 4.39 Å². The Kier molecular flexibility index (Phi) is 3.82. The predicted molar refractivity (Wildman–Crippen MR) is 85.5 cm³/mol. The quantitative estimate of drug-likeness (QED) is 0.541. The highest BCUT2D eigenvalue weighted by atomic mass is 32.2. The average molecular weight is 320 g/mol. The molecule has 3 rings (SSSR count). The summed E-state index contributed by atoms with van der Waals surface area (Å²) in [7, 11) is 1.72. The fourth-order valence-electron chi connectivity index (χ4n) is 2.06. The molecule has 3 nitrogen and oxygen atoms in total. The second-order valence-electron chi connectivity index (χ2n) is 4.71. The molecule has 0 N–H and O–H groups in total. The van der Waals surface area contributed by atoms with Gasteiger partial charge in [-0.3, -0.25) is 9.36 Å². The van der Waals surface area contributed by atoms with Crippen molar-refractivity contribution in [2.75, 3.05) is 0 Å². The number of rotatable bonds is 3. The van der Waals surface area contributed by atoms with Crippen molar-refractivity contribution in [1.82, 2.24) is 9.55 Å². The van der Waals surface area contributed by atoms with Crippen LogP contribution in [0.1, 0.15) is 17.7 Å². The minimum absolute atomic E-state index is 0.00915. The molecule has 0 aliphatic rings. The number of benzene rings is 1. The number of hydrogen-bond acceptors (Lipinski definition) is 4. The molecule has 0 fully saturated rings. The molecule has 0 saturated heterocycles. The second kappa shape index (κ2) is 5.61. The smallest absolute Gasteiger partial charge is 0.271 e. The molecule has 0 bridgehead atoms. The van der Waals surface area contributed by atoms with Gasteiger partial charge < -0.3 is 0 Å². The van der Waals surface area contributed by atoms with Crippen LogP contribution in [0.5, 0.6) is 0 Å². The van der Waals surface area contributed by atoms with Crippen LogP contribution in [-0.2, 0) is 7.05 Å². The summed E-state index contributed by atoms with van der Waals surface area (Å²) in [5, 5.41) is 2.52. The Hall–Kier alpha value is -1.66. The maximum Gasteiger partial charge on any atom is 0.271 e. The lowest BCUT2D eigenvalue weighted by Gasteiger charge is -2.13. The van der Waals surface area contributed by atoms with Crippen LogP contribution in [0.25, 0.3) is 10.2 Å². The Labute approximate surface area is 129 Å². The first-order chi connectivity index (χ1) is 10.1. The zero-order valence-electron chi connectivity index (χ0n) is 11.5. The van der Waals surface area contributed by atoms with Gasteiger partial charge in [0.15, 0.2) is 5.16 Å². The van der Waals surface area contributed by atoms with Crippen molar-refractivity contribution in [1.29, 1.82) is 0 Å². The van der Waals surface area contributed by atoms with Crippen LogP contribution >= 0.6 is 23.1 Å². The third-order valence-electron chi connectivity index (χ3n) is 3.25. The molecule has 0 aliphatic carbocycles. The normalized spacial score (nSPS) is 12.7. The van der Waals surface area contributed by atoms with Crippen molar-refractivity contribution in [3.63, 3.8) is 0 Å². The Morgan fingerprint density at radius 1 is 1.38 bits per heavy atom. The van der Waals surface area contributed by atoms with Crippen molar-refractivity contribution < 1.29 is 4.39 Å². The summed E-state index contributed by atoms with van der Waals surface area (Å²) in [6, 6.07) is 8.35. The second-order valence-corrected chi connectivity index (χ2v) is 6.93. The monoisotopic (exact) mass is 320 g/mol. The third kappa shape index (κ3) is 2.73. The van der Waals surface area contributed by atoms with E-state index in [1.807, 2.05) is 24.4 Å².